The van der Waals surface area contributed by atoms with Crippen molar-refractivity contribution in [2.45, 2.75) is 13.5 Å². The summed E-state index contributed by atoms with van der Waals surface area (Å²) in [6, 6.07) is 7.85. The quantitative estimate of drug-likeness (QED) is 0.804. The Bertz CT molecular complexity index is 747. The molecule has 0 saturated carbocycles. The Morgan fingerprint density at radius 3 is 2.67 bits per heavy atom. The predicted octanol–water partition coefficient (Wildman–Crippen LogP) is 2.69. The summed E-state index contributed by atoms with van der Waals surface area (Å²) in [6.45, 7) is 2.48. The van der Waals surface area contributed by atoms with E-state index in [4.69, 9.17) is 16.3 Å². The second-order valence-electron chi connectivity index (χ2n) is 4.63. The highest BCUT2D eigenvalue weighted by Gasteiger charge is 2.15. The van der Waals surface area contributed by atoms with Gasteiger partial charge < -0.3 is 9.30 Å². The van der Waals surface area contributed by atoms with Crippen molar-refractivity contribution in [1.82, 2.24) is 25.0 Å². The van der Waals surface area contributed by atoms with E-state index in [-0.39, 0.29) is 0 Å². The molecule has 1 aromatic carbocycles. The molecule has 0 aliphatic rings. The van der Waals surface area contributed by atoms with E-state index in [1.54, 1.807) is 13.4 Å². The molecule has 0 atom stereocenters. The first-order valence-electron chi connectivity index (χ1n) is 6.40. The van der Waals surface area contributed by atoms with Crippen LogP contribution in [0.1, 0.15) is 11.3 Å². The summed E-state index contributed by atoms with van der Waals surface area (Å²) in [5, 5.41) is 15.6. The number of nitrogens with one attached hydrogen (secondary N) is 1. The van der Waals surface area contributed by atoms with Gasteiger partial charge in [-0.2, -0.15) is 5.10 Å². The van der Waals surface area contributed by atoms with Crippen LogP contribution in [0, 0.1) is 6.92 Å². The van der Waals surface area contributed by atoms with Gasteiger partial charge in [-0.1, -0.05) is 23.7 Å². The lowest BCUT2D eigenvalue weighted by atomic mass is 10.2. The minimum Gasteiger partial charge on any atom is -0.497 e. The zero-order valence-electron chi connectivity index (χ0n) is 11.7. The molecule has 0 spiro atoms. The Morgan fingerprint density at radius 1 is 1.29 bits per heavy atom. The molecule has 2 aromatic heterocycles. The zero-order valence-corrected chi connectivity index (χ0v) is 12.4. The van der Waals surface area contributed by atoms with Gasteiger partial charge in [-0.25, -0.2) is 0 Å². The number of aromatic amines is 1. The molecule has 21 heavy (non-hydrogen) atoms. The Kier molecular flexibility index (Phi) is 3.62. The molecular formula is C14H14ClN5O. The van der Waals surface area contributed by atoms with E-state index >= 15 is 0 Å². The molecule has 7 heteroatoms. The van der Waals surface area contributed by atoms with Crippen molar-refractivity contribution in [2.75, 3.05) is 7.11 Å². The fourth-order valence-electron chi connectivity index (χ4n) is 2.06. The fraction of sp³-hybridized carbons (Fsp3) is 0.214. The van der Waals surface area contributed by atoms with Crippen molar-refractivity contribution in [2.24, 2.45) is 0 Å². The van der Waals surface area contributed by atoms with E-state index in [1.807, 2.05) is 35.8 Å². The second kappa shape index (κ2) is 5.57. The lowest BCUT2D eigenvalue weighted by molar-refractivity contribution is 0.414. The molecule has 0 fully saturated rings. The van der Waals surface area contributed by atoms with Gasteiger partial charge in [0.15, 0.2) is 5.82 Å². The Morgan fingerprint density at radius 2 is 2.05 bits per heavy atom. The van der Waals surface area contributed by atoms with Crippen LogP contribution in [0.4, 0.5) is 0 Å². The molecule has 0 saturated heterocycles. The average molecular weight is 304 g/mol. The summed E-state index contributed by atoms with van der Waals surface area (Å²) in [5.74, 6) is 1.49. The summed E-state index contributed by atoms with van der Waals surface area (Å²) < 4.78 is 7.07. The number of H-pyrrole nitrogens is 1. The molecular weight excluding hydrogens is 290 g/mol. The van der Waals surface area contributed by atoms with Gasteiger partial charge in [0.1, 0.15) is 17.8 Å². The van der Waals surface area contributed by atoms with Gasteiger partial charge in [0, 0.05) is 0 Å². The van der Waals surface area contributed by atoms with E-state index < -0.39 is 0 Å². The van der Waals surface area contributed by atoms with Crippen LogP contribution in [-0.2, 0) is 6.54 Å². The Balaban J connectivity index is 1.90. The normalized spacial score (nSPS) is 10.8. The average Bonchev–Trinajstić information content (AvgIpc) is 3.08. The highest BCUT2D eigenvalue weighted by atomic mass is 35.5. The number of methoxy groups -OCH3 is 1. The summed E-state index contributed by atoms with van der Waals surface area (Å²) in [7, 11) is 1.65. The Labute approximate surface area is 126 Å². The summed E-state index contributed by atoms with van der Waals surface area (Å²) in [6.07, 6.45) is 1.67. The number of hydrogen-bond acceptors (Lipinski definition) is 4. The Hall–Kier alpha value is -2.34. The van der Waals surface area contributed by atoms with Crippen molar-refractivity contribution in [1.29, 1.82) is 0 Å². The van der Waals surface area contributed by atoms with Crippen LogP contribution in [0.15, 0.2) is 30.6 Å². The van der Waals surface area contributed by atoms with Gasteiger partial charge in [-0.15, -0.1) is 10.2 Å². The highest BCUT2D eigenvalue weighted by Crippen LogP contribution is 2.26. The topological polar surface area (TPSA) is 68.6 Å². The SMILES string of the molecule is COc1ccc(Cn2cnnc2-c2[nH]nc(C)c2Cl)cc1. The lowest BCUT2D eigenvalue weighted by Crippen LogP contribution is -2.01. The number of aromatic nitrogens is 5. The third-order valence-electron chi connectivity index (χ3n) is 3.22. The van der Waals surface area contributed by atoms with E-state index in [0.29, 0.717) is 23.1 Å². The first kappa shape index (κ1) is 13.6. The van der Waals surface area contributed by atoms with Gasteiger partial charge in [-0.05, 0) is 24.6 Å². The molecule has 0 unspecified atom stereocenters. The maximum absolute atomic E-state index is 6.22. The number of aryl methyl sites for hydroxylation is 1. The number of benzene rings is 1. The molecule has 0 amide bonds. The molecule has 108 valence electrons. The van der Waals surface area contributed by atoms with E-state index in [1.165, 1.54) is 0 Å². The van der Waals surface area contributed by atoms with Crippen LogP contribution in [-0.4, -0.2) is 32.1 Å². The van der Waals surface area contributed by atoms with Gasteiger partial charge >= 0.3 is 0 Å². The third-order valence-corrected chi connectivity index (χ3v) is 3.69. The number of halogens is 1. The van der Waals surface area contributed by atoms with Gasteiger partial charge in [0.05, 0.1) is 24.4 Å². The third kappa shape index (κ3) is 2.62. The van der Waals surface area contributed by atoms with Gasteiger partial charge in [0.25, 0.3) is 0 Å². The molecule has 0 bridgehead atoms. The van der Waals surface area contributed by atoms with Gasteiger partial charge in [0.2, 0.25) is 0 Å². The maximum Gasteiger partial charge on any atom is 0.183 e. The molecule has 2 heterocycles. The van der Waals surface area contributed by atoms with Crippen molar-refractivity contribution < 1.29 is 4.74 Å². The maximum atomic E-state index is 6.22. The minimum atomic E-state index is 0.569. The standard InChI is InChI=1S/C14H14ClN5O/c1-9-12(15)13(18-17-9)14-19-16-8-20(14)7-10-3-5-11(21-2)6-4-10/h3-6,8H,7H2,1-2H3,(H,17,18). The predicted molar refractivity (Wildman–Crippen MR) is 79.4 cm³/mol. The molecule has 0 aliphatic carbocycles. The minimum absolute atomic E-state index is 0.569. The van der Waals surface area contributed by atoms with Crippen LogP contribution in [0.2, 0.25) is 5.02 Å². The molecule has 3 rings (SSSR count). The van der Waals surface area contributed by atoms with Crippen LogP contribution >= 0.6 is 11.6 Å². The number of ether oxygens (including phenoxy) is 1. The van der Waals surface area contributed by atoms with Crippen molar-refractivity contribution in [3.63, 3.8) is 0 Å². The van der Waals surface area contributed by atoms with Crippen LogP contribution in [0.25, 0.3) is 11.5 Å². The second-order valence-corrected chi connectivity index (χ2v) is 5.01. The number of rotatable bonds is 4. The van der Waals surface area contributed by atoms with Crippen molar-refractivity contribution >= 4 is 11.6 Å². The first-order chi connectivity index (χ1) is 10.2. The first-order valence-corrected chi connectivity index (χ1v) is 6.78. The molecule has 1 N–H and O–H groups in total. The smallest absolute Gasteiger partial charge is 0.183 e. The molecule has 0 radical (unpaired) electrons. The fourth-order valence-corrected chi connectivity index (χ4v) is 2.23. The zero-order chi connectivity index (χ0) is 14.8. The number of nitrogens with zero attached hydrogens (tertiary/aromatic N) is 4. The summed E-state index contributed by atoms with van der Waals surface area (Å²) >= 11 is 6.22. The highest BCUT2D eigenvalue weighted by molar-refractivity contribution is 6.33. The number of hydrogen-bond donors (Lipinski definition) is 1. The van der Waals surface area contributed by atoms with E-state index in [9.17, 15) is 0 Å². The van der Waals surface area contributed by atoms with Crippen LogP contribution in [0.5, 0.6) is 5.75 Å². The van der Waals surface area contributed by atoms with Crippen LogP contribution < -0.4 is 4.74 Å². The molecule has 6 nitrogen and oxygen atoms in total. The van der Waals surface area contributed by atoms with E-state index in [0.717, 1.165) is 17.0 Å². The summed E-state index contributed by atoms with van der Waals surface area (Å²) in [4.78, 5) is 0. The largest absolute Gasteiger partial charge is 0.497 e. The van der Waals surface area contributed by atoms with Crippen LogP contribution in [0.3, 0.4) is 0 Å². The molecule has 0 aliphatic heterocycles. The lowest BCUT2D eigenvalue weighted by Gasteiger charge is -2.07. The summed E-state index contributed by atoms with van der Waals surface area (Å²) in [5.41, 5.74) is 2.54. The molecule has 3 aromatic rings. The van der Waals surface area contributed by atoms with Crippen molar-refractivity contribution in [3.8, 4) is 17.3 Å². The monoisotopic (exact) mass is 303 g/mol. The van der Waals surface area contributed by atoms with Gasteiger partial charge in [-0.3, -0.25) is 5.10 Å². The van der Waals surface area contributed by atoms with E-state index in [2.05, 4.69) is 20.4 Å². The van der Waals surface area contributed by atoms with Crippen molar-refractivity contribution in [3.05, 3.63) is 46.9 Å².